The molecule has 1 N–H and O–H groups in total. The normalized spacial score (nSPS) is 23.4. The molecule has 1 amide bonds. The average Bonchev–Trinajstić information content (AvgIpc) is 2.85. The highest BCUT2D eigenvalue weighted by Crippen LogP contribution is 2.20. The summed E-state index contributed by atoms with van der Waals surface area (Å²) in [6.07, 6.45) is -2.48. The van der Waals surface area contributed by atoms with Crippen LogP contribution in [0.25, 0.3) is 0 Å². The fourth-order valence-electron chi connectivity index (χ4n) is 3.58. The van der Waals surface area contributed by atoms with Gasteiger partial charge < -0.3 is 29.0 Å². The van der Waals surface area contributed by atoms with Crippen molar-refractivity contribution in [3.63, 3.8) is 0 Å². The summed E-state index contributed by atoms with van der Waals surface area (Å²) in [4.78, 5) is 25.1. The summed E-state index contributed by atoms with van der Waals surface area (Å²) in [7, 11) is 0. The van der Waals surface area contributed by atoms with E-state index in [0.717, 1.165) is 11.1 Å². The molecule has 0 aromatic heterocycles. The van der Waals surface area contributed by atoms with E-state index in [1.807, 2.05) is 60.7 Å². The molecule has 8 nitrogen and oxygen atoms in total. The lowest BCUT2D eigenvalue weighted by molar-refractivity contribution is -0.171. The standard InChI is InChI=1S/C27H35NO7/c1-19-24(33-16-21-13-9-6-10-14-21)23(32-15-20-11-7-5-8-12-20)18-31-17-22(25(29)34-19)28-26(30)35-27(2,3)4/h5-14,19,22-24H,15-18H2,1-4H3,(H,28,30)/t19-,22-,23+,24+/m1/s1. The summed E-state index contributed by atoms with van der Waals surface area (Å²) in [6.45, 7) is 7.73. The summed E-state index contributed by atoms with van der Waals surface area (Å²) in [5, 5.41) is 2.54. The van der Waals surface area contributed by atoms with Gasteiger partial charge in [0.2, 0.25) is 0 Å². The number of ether oxygens (including phenoxy) is 5. The van der Waals surface area contributed by atoms with Crippen LogP contribution in [0.2, 0.25) is 0 Å². The van der Waals surface area contributed by atoms with Gasteiger partial charge in [0.15, 0.2) is 6.04 Å². The summed E-state index contributed by atoms with van der Waals surface area (Å²) in [5.41, 5.74) is 1.29. The zero-order chi connectivity index (χ0) is 25.3. The maximum atomic E-state index is 12.9. The smallest absolute Gasteiger partial charge is 0.408 e. The second-order valence-corrected chi connectivity index (χ2v) is 9.47. The monoisotopic (exact) mass is 485 g/mol. The van der Waals surface area contributed by atoms with Crippen molar-refractivity contribution in [1.29, 1.82) is 0 Å². The Balaban J connectivity index is 1.72. The third-order valence-corrected chi connectivity index (χ3v) is 5.27. The molecular formula is C27H35NO7. The minimum absolute atomic E-state index is 0.0819. The number of hydrogen-bond acceptors (Lipinski definition) is 7. The lowest BCUT2D eigenvalue weighted by Crippen LogP contribution is -2.48. The molecule has 1 fully saturated rings. The predicted octanol–water partition coefficient (Wildman–Crippen LogP) is 4.01. The summed E-state index contributed by atoms with van der Waals surface area (Å²) in [5.74, 6) is -0.625. The Hall–Kier alpha value is -2.94. The molecule has 1 aliphatic rings. The molecular weight excluding hydrogens is 450 g/mol. The third-order valence-electron chi connectivity index (χ3n) is 5.27. The maximum absolute atomic E-state index is 12.9. The number of alkyl carbamates (subject to hydrolysis) is 1. The van der Waals surface area contributed by atoms with E-state index >= 15 is 0 Å². The molecule has 0 radical (unpaired) electrons. The van der Waals surface area contributed by atoms with Gasteiger partial charge in [0.25, 0.3) is 0 Å². The zero-order valence-electron chi connectivity index (χ0n) is 20.8. The molecule has 8 heteroatoms. The number of carbonyl (C=O) groups excluding carboxylic acids is 2. The Labute approximate surface area is 206 Å². The minimum Gasteiger partial charge on any atom is -0.458 e. The second-order valence-electron chi connectivity index (χ2n) is 9.47. The van der Waals surface area contributed by atoms with Crippen LogP contribution in [0.5, 0.6) is 0 Å². The Kier molecular flexibility index (Phi) is 9.65. The van der Waals surface area contributed by atoms with Gasteiger partial charge in [-0.25, -0.2) is 9.59 Å². The molecule has 2 aromatic carbocycles. The molecule has 4 atom stereocenters. The van der Waals surface area contributed by atoms with Gasteiger partial charge in [-0.2, -0.15) is 0 Å². The van der Waals surface area contributed by atoms with Crippen molar-refractivity contribution in [3.05, 3.63) is 71.8 Å². The fourth-order valence-corrected chi connectivity index (χ4v) is 3.58. The average molecular weight is 486 g/mol. The molecule has 1 heterocycles. The van der Waals surface area contributed by atoms with Crippen molar-refractivity contribution in [2.24, 2.45) is 0 Å². The highest BCUT2D eigenvalue weighted by atomic mass is 16.6. The number of amides is 1. The Morgan fingerprint density at radius 3 is 2.09 bits per heavy atom. The van der Waals surface area contributed by atoms with Crippen LogP contribution in [0.1, 0.15) is 38.8 Å². The van der Waals surface area contributed by atoms with E-state index < -0.39 is 42.0 Å². The molecule has 0 aliphatic carbocycles. The first-order valence-corrected chi connectivity index (χ1v) is 11.8. The van der Waals surface area contributed by atoms with Crippen molar-refractivity contribution in [3.8, 4) is 0 Å². The highest BCUT2D eigenvalue weighted by molar-refractivity contribution is 5.81. The van der Waals surface area contributed by atoms with Crippen LogP contribution in [0, 0.1) is 0 Å². The Morgan fingerprint density at radius 1 is 0.943 bits per heavy atom. The van der Waals surface area contributed by atoms with E-state index in [1.54, 1.807) is 27.7 Å². The van der Waals surface area contributed by atoms with Gasteiger partial charge in [-0.1, -0.05) is 60.7 Å². The third kappa shape index (κ3) is 8.98. The number of cyclic esters (lactones) is 1. The molecule has 35 heavy (non-hydrogen) atoms. The van der Waals surface area contributed by atoms with Crippen LogP contribution >= 0.6 is 0 Å². The second kappa shape index (κ2) is 12.7. The summed E-state index contributed by atoms with van der Waals surface area (Å²) < 4.78 is 29.2. The number of benzene rings is 2. The number of rotatable bonds is 7. The van der Waals surface area contributed by atoms with Gasteiger partial charge in [0.05, 0.1) is 26.4 Å². The first-order chi connectivity index (χ1) is 16.7. The first-order valence-electron chi connectivity index (χ1n) is 11.8. The fraction of sp³-hybridized carbons (Fsp3) is 0.481. The first kappa shape index (κ1) is 26.7. The number of esters is 1. The molecule has 1 saturated heterocycles. The van der Waals surface area contributed by atoms with E-state index in [2.05, 4.69) is 5.32 Å². The van der Waals surface area contributed by atoms with E-state index in [9.17, 15) is 9.59 Å². The molecule has 190 valence electrons. The van der Waals surface area contributed by atoms with Crippen LogP contribution in [-0.2, 0) is 41.7 Å². The topological polar surface area (TPSA) is 92.3 Å². The molecule has 0 bridgehead atoms. The zero-order valence-corrected chi connectivity index (χ0v) is 20.8. The maximum Gasteiger partial charge on any atom is 0.408 e. The Morgan fingerprint density at radius 2 is 1.51 bits per heavy atom. The molecule has 3 rings (SSSR count). The van der Waals surface area contributed by atoms with Crippen molar-refractivity contribution in [2.45, 2.75) is 70.9 Å². The van der Waals surface area contributed by atoms with Crippen molar-refractivity contribution >= 4 is 12.1 Å². The lowest BCUT2D eigenvalue weighted by Gasteiger charge is -2.30. The predicted molar refractivity (Wildman–Crippen MR) is 130 cm³/mol. The highest BCUT2D eigenvalue weighted by Gasteiger charge is 2.36. The van der Waals surface area contributed by atoms with Gasteiger partial charge in [-0.15, -0.1) is 0 Å². The Bertz CT molecular complexity index is 930. The van der Waals surface area contributed by atoms with E-state index in [4.69, 9.17) is 23.7 Å². The van der Waals surface area contributed by atoms with Crippen molar-refractivity contribution < 1.29 is 33.3 Å². The largest absolute Gasteiger partial charge is 0.458 e. The summed E-state index contributed by atoms with van der Waals surface area (Å²) >= 11 is 0. The number of carbonyl (C=O) groups is 2. The van der Waals surface area contributed by atoms with Gasteiger partial charge in [-0.05, 0) is 38.8 Å². The van der Waals surface area contributed by atoms with Gasteiger partial charge in [0, 0.05) is 0 Å². The van der Waals surface area contributed by atoms with Crippen molar-refractivity contribution in [1.82, 2.24) is 5.32 Å². The molecule has 0 spiro atoms. The SMILES string of the molecule is C[C@H]1OC(=O)[C@H](NC(=O)OC(C)(C)C)COC[C@H](OCc2ccccc2)[C@H]1OCc1ccccc1. The van der Waals surface area contributed by atoms with Crippen LogP contribution in [0.15, 0.2) is 60.7 Å². The lowest BCUT2D eigenvalue weighted by atomic mass is 10.1. The van der Waals surface area contributed by atoms with Gasteiger partial charge in [0.1, 0.15) is 23.9 Å². The quantitative estimate of drug-likeness (QED) is 0.593. The van der Waals surface area contributed by atoms with Gasteiger partial charge >= 0.3 is 12.1 Å². The van der Waals surface area contributed by atoms with Crippen LogP contribution in [-0.4, -0.2) is 55.2 Å². The molecule has 1 aliphatic heterocycles. The number of hydrogen-bond donors (Lipinski definition) is 1. The van der Waals surface area contributed by atoms with Crippen LogP contribution in [0.3, 0.4) is 0 Å². The van der Waals surface area contributed by atoms with E-state index in [0.29, 0.717) is 13.2 Å². The molecule has 0 unspecified atom stereocenters. The van der Waals surface area contributed by atoms with E-state index in [-0.39, 0.29) is 13.2 Å². The van der Waals surface area contributed by atoms with E-state index in [1.165, 1.54) is 0 Å². The van der Waals surface area contributed by atoms with Gasteiger partial charge in [-0.3, -0.25) is 0 Å². The van der Waals surface area contributed by atoms with Crippen LogP contribution < -0.4 is 5.32 Å². The minimum atomic E-state index is -1.02. The number of nitrogens with one attached hydrogen (secondary N) is 1. The van der Waals surface area contributed by atoms with Crippen LogP contribution in [0.4, 0.5) is 4.79 Å². The summed E-state index contributed by atoms with van der Waals surface area (Å²) in [6, 6.07) is 18.5. The molecule has 2 aromatic rings. The molecule has 0 saturated carbocycles. The van der Waals surface area contributed by atoms with Crippen molar-refractivity contribution in [2.75, 3.05) is 13.2 Å².